The van der Waals surface area contributed by atoms with E-state index >= 15 is 0 Å². The number of aromatic amines is 1. The van der Waals surface area contributed by atoms with Crippen molar-refractivity contribution in [1.82, 2.24) is 9.97 Å². The van der Waals surface area contributed by atoms with Crippen LogP contribution in [0.25, 0.3) is 11.0 Å². The molecule has 1 aromatic carbocycles. The van der Waals surface area contributed by atoms with Crippen molar-refractivity contribution >= 4 is 28.4 Å². The second-order valence-electron chi connectivity index (χ2n) is 4.33. The zero-order valence-corrected chi connectivity index (χ0v) is 10.8. The zero-order valence-electron chi connectivity index (χ0n) is 10.1. The summed E-state index contributed by atoms with van der Waals surface area (Å²) in [5.74, 6) is 0.0709. The highest BCUT2D eigenvalue weighted by atomic mass is 35.5. The molecular formula is C15H11ClN2O. The number of aromatic nitrogens is 2. The van der Waals surface area contributed by atoms with Gasteiger partial charge >= 0.3 is 0 Å². The smallest absolute Gasteiger partial charge is 0.169 e. The highest BCUT2D eigenvalue weighted by Gasteiger charge is 2.12. The third kappa shape index (κ3) is 2.37. The molecule has 0 atom stereocenters. The van der Waals surface area contributed by atoms with Crippen LogP contribution >= 0.6 is 11.6 Å². The Bertz CT molecular complexity index is 731. The first-order chi connectivity index (χ1) is 9.24. The SMILES string of the molecule is O=C(Cc1ccc(Cl)cc1)c1c[nH]c2ncccc12. The molecule has 2 heterocycles. The molecule has 2 aromatic heterocycles. The Morgan fingerprint density at radius 1 is 1.21 bits per heavy atom. The van der Waals surface area contributed by atoms with Crippen molar-refractivity contribution < 1.29 is 4.79 Å². The first-order valence-electron chi connectivity index (χ1n) is 5.94. The number of pyridine rings is 1. The third-order valence-electron chi connectivity index (χ3n) is 3.03. The number of nitrogens with one attached hydrogen (secondary N) is 1. The van der Waals surface area contributed by atoms with E-state index in [2.05, 4.69) is 9.97 Å². The van der Waals surface area contributed by atoms with Crippen LogP contribution in [0.1, 0.15) is 15.9 Å². The van der Waals surface area contributed by atoms with Gasteiger partial charge in [0.1, 0.15) is 5.65 Å². The number of Topliss-reactive ketones (excluding diaryl/α,β-unsaturated/α-hetero) is 1. The summed E-state index contributed by atoms with van der Waals surface area (Å²) >= 11 is 5.83. The fourth-order valence-corrected chi connectivity index (χ4v) is 2.20. The topological polar surface area (TPSA) is 45.8 Å². The molecule has 0 saturated heterocycles. The van der Waals surface area contributed by atoms with Gasteiger partial charge < -0.3 is 4.98 Å². The van der Waals surface area contributed by atoms with Crippen LogP contribution in [0.2, 0.25) is 5.02 Å². The number of carbonyl (C=O) groups excluding carboxylic acids is 1. The van der Waals surface area contributed by atoms with Crippen molar-refractivity contribution in [3.05, 3.63) is 64.9 Å². The van der Waals surface area contributed by atoms with E-state index in [1.807, 2.05) is 24.3 Å². The highest BCUT2D eigenvalue weighted by Crippen LogP contribution is 2.18. The lowest BCUT2D eigenvalue weighted by Gasteiger charge is -2.00. The van der Waals surface area contributed by atoms with Gasteiger partial charge in [-0.05, 0) is 29.8 Å². The molecule has 0 aliphatic rings. The average Bonchev–Trinajstić information content (AvgIpc) is 2.85. The number of H-pyrrole nitrogens is 1. The number of nitrogens with zero attached hydrogens (tertiary/aromatic N) is 1. The molecular weight excluding hydrogens is 260 g/mol. The minimum Gasteiger partial charge on any atom is -0.345 e. The van der Waals surface area contributed by atoms with Crippen molar-refractivity contribution in [3.8, 4) is 0 Å². The Labute approximate surface area is 115 Å². The molecule has 3 rings (SSSR count). The quantitative estimate of drug-likeness (QED) is 0.739. The Kier molecular flexibility index (Phi) is 3.05. The monoisotopic (exact) mass is 270 g/mol. The Hall–Kier alpha value is -2.13. The highest BCUT2D eigenvalue weighted by molar-refractivity contribution is 6.30. The molecule has 0 aliphatic heterocycles. The summed E-state index contributed by atoms with van der Waals surface area (Å²) < 4.78 is 0. The molecule has 0 aliphatic carbocycles. The lowest BCUT2D eigenvalue weighted by molar-refractivity contribution is 0.0994. The van der Waals surface area contributed by atoms with Crippen molar-refractivity contribution in [2.45, 2.75) is 6.42 Å². The summed E-state index contributed by atoms with van der Waals surface area (Å²) in [7, 11) is 0. The molecule has 0 fully saturated rings. The van der Waals surface area contributed by atoms with Gasteiger partial charge in [0, 0.05) is 34.8 Å². The van der Waals surface area contributed by atoms with Crippen molar-refractivity contribution in [2.75, 3.05) is 0 Å². The first-order valence-corrected chi connectivity index (χ1v) is 6.31. The molecule has 0 spiro atoms. The molecule has 0 radical (unpaired) electrons. The van der Waals surface area contributed by atoms with E-state index < -0.39 is 0 Å². The normalized spacial score (nSPS) is 10.8. The summed E-state index contributed by atoms with van der Waals surface area (Å²) in [5.41, 5.74) is 2.37. The van der Waals surface area contributed by atoms with Crippen LogP contribution < -0.4 is 0 Å². The van der Waals surface area contributed by atoms with Gasteiger partial charge in [0.2, 0.25) is 0 Å². The first kappa shape index (κ1) is 11.9. The van der Waals surface area contributed by atoms with E-state index in [1.54, 1.807) is 24.5 Å². The lowest BCUT2D eigenvalue weighted by atomic mass is 10.0. The van der Waals surface area contributed by atoms with E-state index in [9.17, 15) is 4.79 Å². The Morgan fingerprint density at radius 3 is 2.79 bits per heavy atom. The largest absolute Gasteiger partial charge is 0.345 e. The van der Waals surface area contributed by atoms with Crippen molar-refractivity contribution in [2.24, 2.45) is 0 Å². The molecule has 0 amide bonds. The minimum absolute atomic E-state index is 0.0709. The predicted octanol–water partition coefficient (Wildman–Crippen LogP) is 3.64. The van der Waals surface area contributed by atoms with Crippen LogP contribution in [0.15, 0.2) is 48.8 Å². The van der Waals surface area contributed by atoms with Gasteiger partial charge in [0.15, 0.2) is 5.78 Å². The van der Waals surface area contributed by atoms with Crippen LogP contribution in [0.5, 0.6) is 0 Å². The predicted molar refractivity (Wildman–Crippen MR) is 75.6 cm³/mol. The number of carbonyl (C=O) groups is 1. The van der Waals surface area contributed by atoms with Gasteiger partial charge in [-0.2, -0.15) is 0 Å². The number of hydrogen-bond donors (Lipinski definition) is 1. The molecule has 19 heavy (non-hydrogen) atoms. The van der Waals surface area contributed by atoms with Gasteiger partial charge in [-0.15, -0.1) is 0 Å². The molecule has 0 saturated carbocycles. The van der Waals surface area contributed by atoms with Crippen LogP contribution in [0.4, 0.5) is 0 Å². The lowest BCUT2D eigenvalue weighted by Crippen LogP contribution is -2.02. The van der Waals surface area contributed by atoms with E-state index in [-0.39, 0.29) is 5.78 Å². The van der Waals surface area contributed by atoms with E-state index in [4.69, 9.17) is 11.6 Å². The summed E-state index contributed by atoms with van der Waals surface area (Å²) in [6.45, 7) is 0. The molecule has 3 aromatic rings. The number of fused-ring (bicyclic) bond motifs is 1. The number of ketones is 1. The van der Waals surface area contributed by atoms with Crippen LogP contribution in [-0.2, 0) is 6.42 Å². The minimum atomic E-state index is 0.0709. The average molecular weight is 271 g/mol. The fraction of sp³-hybridized carbons (Fsp3) is 0.0667. The number of halogens is 1. The van der Waals surface area contributed by atoms with Crippen molar-refractivity contribution in [3.63, 3.8) is 0 Å². The second-order valence-corrected chi connectivity index (χ2v) is 4.76. The third-order valence-corrected chi connectivity index (χ3v) is 3.28. The van der Waals surface area contributed by atoms with E-state index in [0.29, 0.717) is 17.0 Å². The second kappa shape index (κ2) is 4.86. The summed E-state index contributed by atoms with van der Waals surface area (Å²) in [5, 5.41) is 1.54. The van der Waals surface area contributed by atoms with Crippen LogP contribution in [0.3, 0.4) is 0 Å². The van der Waals surface area contributed by atoms with E-state index in [1.165, 1.54) is 0 Å². The van der Waals surface area contributed by atoms with Crippen LogP contribution in [-0.4, -0.2) is 15.8 Å². The maximum atomic E-state index is 12.3. The fourth-order valence-electron chi connectivity index (χ4n) is 2.07. The molecule has 4 heteroatoms. The van der Waals surface area contributed by atoms with E-state index in [0.717, 1.165) is 16.6 Å². The molecule has 0 bridgehead atoms. The van der Waals surface area contributed by atoms with Gasteiger partial charge in [0.25, 0.3) is 0 Å². The van der Waals surface area contributed by atoms with Gasteiger partial charge in [-0.1, -0.05) is 23.7 Å². The molecule has 0 unspecified atom stereocenters. The standard InChI is InChI=1S/C15H11ClN2O/c16-11-5-3-10(4-6-11)8-14(19)13-9-18-15-12(13)2-1-7-17-15/h1-7,9H,8H2,(H,17,18). The van der Waals surface area contributed by atoms with Gasteiger partial charge in [-0.25, -0.2) is 4.98 Å². The Balaban J connectivity index is 1.90. The maximum Gasteiger partial charge on any atom is 0.169 e. The zero-order chi connectivity index (χ0) is 13.2. The number of benzene rings is 1. The summed E-state index contributed by atoms with van der Waals surface area (Å²) in [6.07, 6.45) is 3.78. The molecule has 94 valence electrons. The molecule has 1 N–H and O–H groups in total. The van der Waals surface area contributed by atoms with Gasteiger partial charge in [0.05, 0.1) is 0 Å². The maximum absolute atomic E-state index is 12.3. The Morgan fingerprint density at radius 2 is 2.00 bits per heavy atom. The van der Waals surface area contributed by atoms with Crippen LogP contribution in [0, 0.1) is 0 Å². The number of rotatable bonds is 3. The number of hydrogen-bond acceptors (Lipinski definition) is 2. The van der Waals surface area contributed by atoms with Gasteiger partial charge in [-0.3, -0.25) is 4.79 Å². The van der Waals surface area contributed by atoms with Crippen molar-refractivity contribution in [1.29, 1.82) is 0 Å². The summed E-state index contributed by atoms with van der Waals surface area (Å²) in [6, 6.07) is 11.0. The summed E-state index contributed by atoms with van der Waals surface area (Å²) in [4.78, 5) is 19.5. The molecule has 3 nitrogen and oxygen atoms in total.